The molecule has 2 heterocycles. The van der Waals surface area contributed by atoms with E-state index in [-0.39, 0.29) is 5.69 Å². The molecule has 0 amide bonds. The normalized spacial score (nSPS) is 9.48. The summed E-state index contributed by atoms with van der Waals surface area (Å²) >= 11 is 0. The van der Waals surface area contributed by atoms with Crippen molar-refractivity contribution in [3.8, 4) is 0 Å². The Morgan fingerprint density at radius 3 is 2.13 bits per heavy atom. The molecule has 2 rings (SSSR count). The van der Waals surface area contributed by atoms with Crippen LogP contribution in [0.2, 0.25) is 0 Å². The van der Waals surface area contributed by atoms with Crippen LogP contribution in [0.3, 0.4) is 0 Å². The zero-order chi connectivity index (χ0) is 18.0. The first-order chi connectivity index (χ1) is 10.8. The van der Waals surface area contributed by atoms with Crippen molar-refractivity contribution in [2.75, 3.05) is 19.0 Å². The van der Waals surface area contributed by atoms with Crippen molar-refractivity contribution in [2.45, 2.75) is 40.5 Å². The van der Waals surface area contributed by atoms with Crippen LogP contribution in [0.1, 0.15) is 45.0 Å². The van der Waals surface area contributed by atoms with Crippen molar-refractivity contribution in [2.24, 2.45) is 0 Å². The van der Waals surface area contributed by atoms with Gasteiger partial charge in [0.15, 0.2) is 0 Å². The number of hydrogen-bond donors (Lipinski definition) is 0. The molecule has 0 aliphatic heterocycles. The van der Waals surface area contributed by atoms with Gasteiger partial charge in [-0.3, -0.25) is 4.98 Å². The van der Waals surface area contributed by atoms with Crippen molar-refractivity contribution < 1.29 is 8.78 Å². The van der Waals surface area contributed by atoms with Gasteiger partial charge in [0.05, 0.1) is 11.9 Å². The highest BCUT2D eigenvalue weighted by Crippen LogP contribution is 2.14. The SMILES string of the molecule is CC.CC(C)c1cccc(N(C)C)n1.Cc1ncc(F)cc1F. The molecule has 0 spiro atoms. The summed E-state index contributed by atoms with van der Waals surface area (Å²) in [5.74, 6) is 0.291. The van der Waals surface area contributed by atoms with E-state index in [2.05, 4.69) is 35.9 Å². The average Bonchev–Trinajstić information content (AvgIpc) is 2.54. The maximum atomic E-state index is 12.3. The van der Waals surface area contributed by atoms with Crippen LogP contribution >= 0.6 is 0 Å². The molecule has 2 aromatic heterocycles. The molecule has 128 valence electrons. The molecule has 0 atom stereocenters. The minimum absolute atomic E-state index is 0.219. The first-order valence-electron chi connectivity index (χ1n) is 7.73. The predicted molar refractivity (Wildman–Crippen MR) is 92.9 cm³/mol. The van der Waals surface area contributed by atoms with E-state index in [0.717, 1.165) is 23.8 Å². The molecular weight excluding hydrogens is 296 g/mol. The second kappa shape index (κ2) is 10.6. The summed E-state index contributed by atoms with van der Waals surface area (Å²) in [7, 11) is 4.01. The van der Waals surface area contributed by atoms with Gasteiger partial charge in [0, 0.05) is 25.9 Å². The molecule has 0 radical (unpaired) electrons. The fourth-order valence-corrected chi connectivity index (χ4v) is 1.49. The van der Waals surface area contributed by atoms with Crippen LogP contribution in [0.5, 0.6) is 0 Å². The third-order valence-corrected chi connectivity index (χ3v) is 2.80. The van der Waals surface area contributed by atoms with Crippen LogP contribution in [0, 0.1) is 18.6 Å². The van der Waals surface area contributed by atoms with Gasteiger partial charge in [-0.15, -0.1) is 0 Å². The molecule has 0 saturated carbocycles. The second-order valence-electron chi connectivity index (χ2n) is 5.19. The average molecular weight is 323 g/mol. The maximum Gasteiger partial charge on any atom is 0.147 e. The maximum absolute atomic E-state index is 12.3. The summed E-state index contributed by atoms with van der Waals surface area (Å²) in [4.78, 5) is 9.95. The van der Waals surface area contributed by atoms with Gasteiger partial charge in [-0.1, -0.05) is 33.8 Å². The standard InChI is InChI=1S/C10H16N2.C6H5F2N.C2H6/c1-8(2)9-6-5-7-10(11-9)12(3)4;1-4-6(8)2-5(7)3-9-4;1-2/h5-8H,1-4H3;2-3H,1H3;1-2H3. The number of aromatic nitrogens is 2. The Morgan fingerprint density at radius 2 is 1.70 bits per heavy atom. The lowest BCUT2D eigenvalue weighted by molar-refractivity contribution is 0.565. The van der Waals surface area contributed by atoms with Crippen LogP contribution in [0.25, 0.3) is 0 Å². The van der Waals surface area contributed by atoms with Gasteiger partial charge in [0.2, 0.25) is 0 Å². The van der Waals surface area contributed by atoms with E-state index in [9.17, 15) is 8.78 Å². The van der Waals surface area contributed by atoms with Gasteiger partial charge >= 0.3 is 0 Å². The summed E-state index contributed by atoms with van der Waals surface area (Å²) in [5.41, 5.74) is 1.37. The molecule has 3 nitrogen and oxygen atoms in total. The Kier molecular flexibility index (Phi) is 9.70. The summed E-state index contributed by atoms with van der Waals surface area (Å²) in [6.07, 6.45) is 0.985. The lowest BCUT2D eigenvalue weighted by atomic mass is 10.1. The summed E-state index contributed by atoms with van der Waals surface area (Å²) in [5, 5.41) is 0. The van der Waals surface area contributed by atoms with Gasteiger partial charge < -0.3 is 4.90 Å². The van der Waals surface area contributed by atoms with Gasteiger partial charge in [0.1, 0.15) is 17.5 Å². The number of rotatable bonds is 2. The van der Waals surface area contributed by atoms with Crippen molar-refractivity contribution in [1.82, 2.24) is 9.97 Å². The highest BCUT2D eigenvalue weighted by molar-refractivity contribution is 5.37. The van der Waals surface area contributed by atoms with E-state index in [4.69, 9.17) is 0 Å². The number of nitrogens with zero attached hydrogens (tertiary/aromatic N) is 3. The number of aryl methyl sites for hydroxylation is 1. The quantitative estimate of drug-likeness (QED) is 0.781. The Balaban J connectivity index is 0.000000392. The van der Waals surface area contributed by atoms with E-state index < -0.39 is 11.6 Å². The Hall–Kier alpha value is -2.04. The van der Waals surface area contributed by atoms with Gasteiger partial charge in [-0.05, 0) is 25.0 Å². The highest BCUT2D eigenvalue weighted by atomic mass is 19.1. The first-order valence-corrected chi connectivity index (χ1v) is 7.73. The van der Waals surface area contributed by atoms with E-state index >= 15 is 0 Å². The lowest BCUT2D eigenvalue weighted by Gasteiger charge is -2.13. The van der Waals surface area contributed by atoms with Crippen LogP contribution in [0.15, 0.2) is 30.5 Å². The van der Waals surface area contributed by atoms with E-state index in [1.54, 1.807) is 0 Å². The van der Waals surface area contributed by atoms with E-state index in [0.29, 0.717) is 5.92 Å². The zero-order valence-electron chi connectivity index (χ0n) is 15.1. The third-order valence-electron chi connectivity index (χ3n) is 2.80. The molecule has 0 saturated heterocycles. The second-order valence-corrected chi connectivity index (χ2v) is 5.19. The molecule has 0 aliphatic rings. The Morgan fingerprint density at radius 1 is 1.09 bits per heavy atom. The van der Waals surface area contributed by atoms with Gasteiger partial charge in [-0.2, -0.15) is 0 Å². The summed E-state index contributed by atoms with van der Waals surface area (Å²) < 4.78 is 24.3. The van der Waals surface area contributed by atoms with E-state index in [1.807, 2.05) is 38.9 Å². The van der Waals surface area contributed by atoms with E-state index in [1.165, 1.54) is 6.92 Å². The van der Waals surface area contributed by atoms with Crippen LogP contribution in [-0.2, 0) is 0 Å². The minimum Gasteiger partial charge on any atom is -0.363 e. The smallest absolute Gasteiger partial charge is 0.147 e. The molecule has 0 aromatic carbocycles. The molecule has 0 fully saturated rings. The fourth-order valence-electron chi connectivity index (χ4n) is 1.49. The third kappa shape index (κ3) is 7.68. The molecular formula is C18H27F2N3. The Bertz CT molecular complexity index is 561. The van der Waals surface area contributed by atoms with Crippen molar-refractivity contribution in [1.29, 1.82) is 0 Å². The summed E-state index contributed by atoms with van der Waals surface area (Å²) in [6, 6.07) is 6.95. The van der Waals surface area contributed by atoms with Crippen LogP contribution in [-0.4, -0.2) is 24.1 Å². The van der Waals surface area contributed by atoms with Crippen molar-refractivity contribution in [3.05, 3.63) is 53.5 Å². The lowest BCUT2D eigenvalue weighted by Crippen LogP contribution is -2.11. The van der Waals surface area contributed by atoms with Crippen LogP contribution in [0.4, 0.5) is 14.6 Å². The highest BCUT2D eigenvalue weighted by Gasteiger charge is 2.02. The monoisotopic (exact) mass is 323 g/mol. The molecule has 0 aliphatic carbocycles. The largest absolute Gasteiger partial charge is 0.363 e. The molecule has 23 heavy (non-hydrogen) atoms. The molecule has 5 heteroatoms. The molecule has 0 N–H and O–H groups in total. The zero-order valence-corrected chi connectivity index (χ0v) is 15.1. The van der Waals surface area contributed by atoms with Crippen molar-refractivity contribution in [3.63, 3.8) is 0 Å². The first kappa shape index (κ1) is 21.0. The molecule has 0 unspecified atom stereocenters. The van der Waals surface area contributed by atoms with Crippen molar-refractivity contribution >= 4 is 5.82 Å². The van der Waals surface area contributed by atoms with Gasteiger partial charge in [0.25, 0.3) is 0 Å². The minimum atomic E-state index is -0.641. The summed E-state index contributed by atoms with van der Waals surface area (Å²) in [6.45, 7) is 9.79. The predicted octanol–water partition coefficient (Wildman–Crippen LogP) is 4.97. The number of anilines is 1. The van der Waals surface area contributed by atoms with Gasteiger partial charge in [-0.25, -0.2) is 13.8 Å². The molecule has 2 aromatic rings. The fraction of sp³-hybridized carbons (Fsp3) is 0.444. The molecule has 0 bridgehead atoms. The van der Waals surface area contributed by atoms with Crippen LogP contribution < -0.4 is 4.90 Å². The number of halogens is 2. The number of pyridine rings is 2. The Labute approximate surface area is 138 Å². The number of hydrogen-bond acceptors (Lipinski definition) is 3. The topological polar surface area (TPSA) is 29.0 Å².